The third-order valence-corrected chi connectivity index (χ3v) is 7.52. The van der Waals surface area contributed by atoms with Crippen molar-refractivity contribution in [1.82, 2.24) is 9.88 Å². The number of pyridine rings is 1. The molecular formula is C34H40N4O5. The molecule has 5 N–H and O–H groups in total. The number of fused-ring (bicyclic) bond motifs is 1. The highest BCUT2D eigenvalue weighted by Crippen LogP contribution is 2.29. The first kappa shape index (κ1) is 31.3. The SMILES string of the molecule is CCOC(=O)CCCN(Cc1cccc(N)c1)C(=O)C(Nc1ccc2cc[nH]c(=O)c2c1)c1ccc([C@@H](C)CO)c(C)c1. The molecule has 43 heavy (non-hydrogen) atoms. The van der Waals surface area contributed by atoms with Crippen molar-refractivity contribution in [3.8, 4) is 0 Å². The van der Waals surface area contributed by atoms with Crippen molar-refractivity contribution in [2.45, 2.75) is 52.1 Å². The van der Waals surface area contributed by atoms with Gasteiger partial charge >= 0.3 is 5.97 Å². The zero-order chi connectivity index (χ0) is 30.9. The van der Waals surface area contributed by atoms with Crippen LogP contribution < -0.4 is 16.6 Å². The van der Waals surface area contributed by atoms with Crippen LogP contribution in [-0.2, 0) is 20.9 Å². The lowest BCUT2D eigenvalue weighted by Gasteiger charge is -2.29. The Morgan fingerprint density at radius 3 is 2.63 bits per heavy atom. The minimum atomic E-state index is -0.805. The fraction of sp³-hybridized carbons (Fsp3) is 0.324. The van der Waals surface area contributed by atoms with Crippen molar-refractivity contribution in [3.05, 3.63) is 106 Å². The molecule has 1 aromatic heterocycles. The van der Waals surface area contributed by atoms with Crippen LogP contribution in [0.4, 0.5) is 11.4 Å². The van der Waals surface area contributed by atoms with Gasteiger partial charge in [-0.1, -0.05) is 43.3 Å². The van der Waals surface area contributed by atoms with Crippen molar-refractivity contribution in [2.75, 3.05) is 30.8 Å². The van der Waals surface area contributed by atoms with Crippen molar-refractivity contribution in [3.63, 3.8) is 0 Å². The van der Waals surface area contributed by atoms with Crippen LogP contribution in [0, 0.1) is 6.92 Å². The van der Waals surface area contributed by atoms with Gasteiger partial charge in [-0.25, -0.2) is 0 Å². The van der Waals surface area contributed by atoms with Crippen LogP contribution in [0.15, 0.2) is 77.7 Å². The Bertz CT molecular complexity index is 1630. The molecule has 0 spiro atoms. The van der Waals surface area contributed by atoms with E-state index in [0.29, 0.717) is 42.9 Å². The second kappa shape index (κ2) is 14.5. The van der Waals surface area contributed by atoms with Gasteiger partial charge in [0.2, 0.25) is 5.91 Å². The number of amides is 1. The van der Waals surface area contributed by atoms with E-state index in [1.165, 1.54) is 0 Å². The molecule has 4 rings (SSSR count). The maximum atomic E-state index is 14.5. The molecule has 2 atom stereocenters. The number of hydrogen-bond acceptors (Lipinski definition) is 7. The van der Waals surface area contributed by atoms with Crippen LogP contribution in [0.5, 0.6) is 0 Å². The maximum absolute atomic E-state index is 14.5. The first-order valence-electron chi connectivity index (χ1n) is 14.6. The van der Waals surface area contributed by atoms with E-state index in [9.17, 15) is 19.5 Å². The van der Waals surface area contributed by atoms with Gasteiger partial charge in [0, 0.05) is 55.0 Å². The number of nitrogen functional groups attached to an aromatic ring is 1. The molecule has 0 saturated carbocycles. The molecule has 0 aliphatic rings. The molecule has 3 aromatic carbocycles. The maximum Gasteiger partial charge on any atom is 0.305 e. The highest BCUT2D eigenvalue weighted by atomic mass is 16.5. The molecule has 0 bridgehead atoms. The molecule has 0 saturated heterocycles. The number of H-pyrrole nitrogens is 1. The van der Waals surface area contributed by atoms with E-state index >= 15 is 0 Å². The number of aliphatic hydroxyl groups excluding tert-OH is 1. The number of hydrogen-bond donors (Lipinski definition) is 4. The van der Waals surface area contributed by atoms with E-state index in [1.54, 1.807) is 30.2 Å². The second-order valence-electron chi connectivity index (χ2n) is 10.8. The number of benzene rings is 3. The highest BCUT2D eigenvalue weighted by Gasteiger charge is 2.27. The molecule has 0 aliphatic heterocycles. The largest absolute Gasteiger partial charge is 0.466 e. The Balaban J connectivity index is 1.73. The van der Waals surface area contributed by atoms with Crippen molar-refractivity contribution in [2.24, 2.45) is 0 Å². The number of carbonyl (C=O) groups excluding carboxylic acids is 2. The van der Waals surface area contributed by atoms with E-state index in [1.807, 2.05) is 68.4 Å². The van der Waals surface area contributed by atoms with Crippen molar-refractivity contribution < 1.29 is 19.4 Å². The lowest BCUT2D eigenvalue weighted by Crippen LogP contribution is -2.38. The predicted octanol–water partition coefficient (Wildman–Crippen LogP) is 5.04. The topological polar surface area (TPSA) is 138 Å². The number of nitrogens with one attached hydrogen (secondary N) is 2. The number of aromatic amines is 1. The van der Waals surface area contributed by atoms with Gasteiger partial charge in [-0.05, 0) is 78.2 Å². The molecule has 0 aliphatic carbocycles. The van der Waals surface area contributed by atoms with Crippen LogP contribution in [0.2, 0.25) is 0 Å². The van der Waals surface area contributed by atoms with Crippen LogP contribution in [0.1, 0.15) is 60.9 Å². The number of anilines is 2. The molecule has 1 unspecified atom stereocenters. The van der Waals surface area contributed by atoms with Gasteiger partial charge in [0.05, 0.1) is 6.61 Å². The lowest BCUT2D eigenvalue weighted by atomic mass is 9.93. The number of nitrogens with zero attached hydrogens (tertiary/aromatic N) is 1. The fourth-order valence-corrected chi connectivity index (χ4v) is 5.27. The van der Waals surface area contributed by atoms with E-state index in [-0.39, 0.29) is 36.4 Å². The molecule has 9 nitrogen and oxygen atoms in total. The number of esters is 1. The normalized spacial score (nSPS) is 12.5. The molecule has 1 amide bonds. The average Bonchev–Trinajstić information content (AvgIpc) is 2.99. The number of nitrogens with two attached hydrogens (primary N) is 1. The third kappa shape index (κ3) is 8.02. The lowest BCUT2D eigenvalue weighted by molar-refractivity contribution is -0.144. The fourth-order valence-electron chi connectivity index (χ4n) is 5.27. The Hall–Kier alpha value is -4.63. The van der Waals surface area contributed by atoms with Gasteiger partial charge in [-0.15, -0.1) is 0 Å². The van der Waals surface area contributed by atoms with Crippen molar-refractivity contribution in [1.29, 1.82) is 0 Å². The van der Waals surface area contributed by atoms with Crippen LogP contribution >= 0.6 is 0 Å². The van der Waals surface area contributed by atoms with Gasteiger partial charge < -0.3 is 30.8 Å². The Labute approximate surface area is 251 Å². The van der Waals surface area contributed by atoms with E-state index in [2.05, 4.69) is 10.3 Å². The van der Waals surface area contributed by atoms with Gasteiger partial charge in [-0.2, -0.15) is 0 Å². The number of aliphatic hydroxyl groups is 1. The van der Waals surface area contributed by atoms with Gasteiger partial charge in [0.15, 0.2) is 0 Å². The first-order valence-corrected chi connectivity index (χ1v) is 14.6. The van der Waals surface area contributed by atoms with Gasteiger partial charge in [-0.3, -0.25) is 14.4 Å². The highest BCUT2D eigenvalue weighted by molar-refractivity contribution is 5.89. The summed E-state index contributed by atoms with van der Waals surface area (Å²) >= 11 is 0. The summed E-state index contributed by atoms with van der Waals surface area (Å²) in [4.78, 5) is 43.5. The third-order valence-electron chi connectivity index (χ3n) is 7.52. The molecule has 0 fully saturated rings. The summed E-state index contributed by atoms with van der Waals surface area (Å²) in [6.45, 7) is 6.61. The number of ether oxygens (including phenoxy) is 1. The van der Waals surface area contributed by atoms with Crippen LogP contribution in [0.3, 0.4) is 0 Å². The quantitative estimate of drug-likeness (QED) is 0.128. The molecule has 226 valence electrons. The summed E-state index contributed by atoms with van der Waals surface area (Å²) in [5.74, 6) is -0.555. The monoisotopic (exact) mass is 584 g/mol. The summed E-state index contributed by atoms with van der Waals surface area (Å²) in [7, 11) is 0. The Kier molecular flexibility index (Phi) is 10.6. The second-order valence-corrected chi connectivity index (χ2v) is 10.8. The van der Waals surface area contributed by atoms with E-state index < -0.39 is 6.04 Å². The smallest absolute Gasteiger partial charge is 0.305 e. The minimum Gasteiger partial charge on any atom is -0.466 e. The first-order chi connectivity index (χ1) is 20.7. The number of carbonyl (C=O) groups is 2. The van der Waals surface area contributed by atoms with E-state index in [4.69, 9.17) is 10.5 Å². The summed E-state index contributed by atoms with van der Waals surface area (Å²) in [5, 5.41) is 14.4. The van der Waals surface area contributed by atoms with Crippen LogP contribution in [-0.4, -0.2) is 46.6 Å². The summed E-state index contributed by atoms with van der Waals surface area (Å²) in [6.07, 6.45) is 2.22. The molecule has 9 heteroatoms. The molecule has 1 heterocycles. The van der Waals surface area contributed by atoms with Gasteiger partial charge in [0.25, 0.3) is 5.56 Å². The number of aromatic nitrogens is 1. The Morgan fingerprint density at radius 2 is 1.91 bits per heavy atom. The number of aryl methyl sites for hydroxylation is 1. The van der Waals surface area contributed by atoms with E-state index in [0.717, 1.165) is 27.6 Å². The summed E-state index contributed by atoms with van der Waals surface area (Å²) in [5.41, 5.74) is 10.6. The zero-order valence-electron chi connectivity index (χ0n) is 24.9. The summed E-state index contributed by atoms with van der Waals surface area (Å²) in [6, 6.07) is 19.6. The predicted molar refractivity (Wildman–Crippen MR) is 170 cm³/mol. The molecular weight excluding hydrogens is 544 g/mol. The average molecular weight is 585 g/mol. The van der Waals surface area contributed by atoms with Crippen molar-refractivity contribution >= 4 is 34.0 Å². The van der Waals surface area contributed by atoms with Gasteiger partial charge in [0.1, 0.15) is 6.04 Å². The molecule has 0 radical (unpaired) electrons. The summed E-state index contributed by atoms with van der Waals surface area (Å²) < 4.78 is 5.09. The number of rotatable bonds is 13. The zero-order valence-corrected chi connectivity index (χ0v) is 24.9. The molecule has 4 aromatic rings. The Morgan fingerprint density at radius 1 is 1.09 bits per heavy atom. The minimum absolute atomic E-state index is 0.0148. The van der Waals surface area contributed by atoms with Crippen LogP contribution in [0.25, 0.3) is 10.8 Å². The standard InChI is InChI=1S/C34H40N4O5/c1-4-43-31(40)9-6-16-38(20-24-7-5-8-27(35)18-24)34(42)32(26-11-13-29(22(2)17-26)23(3)21-39)37-28-12-10-25-14-15-36-33(41)30(25)19-28/h5,7-8,10-15,17-19,23,32,37,39H,4,6,9,16,20-21,35H2,1-3H3,(H,36,41)/t23-,32?/m0/s1.